The van der Waals surface area contributed by atoms with E-state index in [1.54, 1.807) is 35.8 Å². The number of anilines is 3. The van der Waals surface area contributed by atoms with Crippen molar-refractivity contribution in [1.82, 2.24) is 9.36 Å². The topological polar surface area (TPSA) is 105 Å². The second-order valence-corrected chi connectivity index (χ2v) is 13.4. The molecule has 0 saturated carbocycles. The Morgan fingerprint density at radius 1 is 0.978 bits per heavy atom. The fraction of sp³-hybridized carbons (Fsp3) is 0.242. The molecule has 1 atom stereocenters. The fourth-order valence-electron chi connectivity index (χ4n) is 5.18. The number of ether oxygens (including phenoxy) is 2. The molecule has 13 heteroatoms. The molecule has 0 aliphatic heterocycles. The van der Waals surface area contributed by atoms with Gasteiger partial charge in [0, 0.05) is 55.8 Å². The normalized spacial score (nSPS) is 12.0. The van der Waals surface area contributed by atoms with E-state index in [4.69, 9.17) is 21.1 Å². The van der Waals surface area contributed by atoms with Crippen LogP contribution in [0.3, 0.4) is 0 Å². The van der Waals surface area contributed by atoms with Crippen molar-refractivity contribution in [3.63, 3.8) is 0 Å². The number of carbonyl (C=O) groups excluding carboxylic acids is 1. The fourth-order valence-corrected chi connectivity index (χ4v) is 7.58. The van der Waals surface area contributed by atoms with Crippen molar-refractivity contribution in [1.29, 1.82) is 0 Å². The molecule has 46 heavy (non-hydrogen) atoms. The van der Waals surface area contributed by atoms with Gasteiger partial charge in [0.05, 0.1) is 35.3 Å². The molecule has 0 aliphatic rings. The third kappa shape index (κ3) is 6.60. The molecule has 1 amide bonds. The van der Waals surface area contributed by atoms with Crippen molar-refractivity contribution in [2.45, 2.75) is 24.3 Å². The number of fused-ring (bicyclic) bond motifs is 1. The summed E-state index contributed by atoms with van der Waals surface area (Å²) in [6.45, 7) is 2.07. The Hall–Kier alpha value is -4.39. The van der Waals surface area contributed by atoms with Gasteiger partial charge >= 0.3 is 0 Å². The van der Waals surface area contributed by atoms with E-state index in [1.165, 1.54) is 48.9 Å². The summed E-state index contributed by atoms with van der Waals surface area (Å²) in [5.74, 6) is 0.528. The molecule has 0 fully saturated rings. The van der Waals surface area contributed by atoms with E-state index in [2.05, 4.69) is 9.36 Å². The van der Waals surface area contributed by atoms with Crippen LogP contribution in [-0.2, 0) is 21.2 Å². The van der Waals surface area contributed by atoms with Crippen LogP contribution in [0.25, 0.3) is 10.9 Å². The van der Waals surface area contributed by atoms with E-state index >= 15 is 0 Å². The van der Waals surface area contributed by atoms with E-state index in [1.807, 2.05) is 56.3 Å². The molecule has 1 unspecified atom stereocenters. The van der Waals surface area contributed by atoms with Crippen LogP contribution in [0, 0.1) is 0 Å². The van der Waals surface area contributed by atoms with Crippen LogP contribution in [0.2, 0.25) is 5.02 Å². The third-order valence-corrected chi connectivity index (χ3v) is 10.2. The number of aromatic nitrogens is 2. The molecule has 10 nitrogen and oxygen atoms in total. The number of sulfonamides is 1. The van der Waals surface area contributed by atoms with Crippen LogP contribution in [0.4, 0.5) is 17.2 Å². The summed E-state index contributed by atoms with van der Waals surface area (Å²) >= 11 is 8.02. The number of nitrogens with zero attached hydrogens (tertiary/aromatic N) is 5. The molecular weight excluding hydrogens is 646 g/mol. The molecule has 0 bridgehead atoms. The first kappa shape index (κ1) is 33.0. The number of amides is 1. The molecule has 2 heterocycles. The van der Waals surface area contributed by atoms with Gasteiger partial charge in [-0.3, -0.25) is 19.0 Å². The highest BCUT2D eigenvalue weighted by atomic mass is 35.5. The standard InChI is InChI=1S/C33H34ClN5O5S2/c1-6-38(32-15-16-45-36-32)33(40)29(18-22-17-23-9-7-8-10-27(23)35-21-22)39(28-19-24(37(2)3)11-13-26(28)34)46(41,42)25-12-14-30(43-4)31(20-25)44-5/h7-17,19-21,29H,6,18H2,1-5H3. The van der Waals surface area contributed by atoms with Crippen LogP contribution in [-0.4, -0.2) is 64.6 Å². The monoisotopic (exact) mass is 679 g/mol. The summed E-state index contributed by atoms with van der Waals surface area (Å²) in [7, 11) is 2.08. The van der Waals surface area contributed by atoms with Crippen molar-refractivity contribution < 1.29 is 22.7 Å². The Balaban J connectivity index is 1.77. The average Bonchev–Trinajstić information content (AvgIpc) is 3.59. The van der Waals surface area contributed by atoms with Crippen molar-refractivity contribution >= 4 is 67.2 Å². The molecular formula is C33H34ClN5O5S2. The van der Waals surface area contributed by atoms with Crippen LogP contribution in [0.15, 0.2) is 89.3 Å². The predicted molar refractivity (Wildman–Crippen MR) is 184 cm³/mol. The largest absolute Gasteiger partial charge is 0.493 e. The third-order valence-electron chi connectivity index (χ3n) is 7.52. The van der Waals surface area contributed by atoms with Gasteiger partial charge in [0.2, 0.25) is 0 Å². The van der Waals surface area contributed by atoms with Crippen LogP contribution in [0.5, 0.6) is 11.5 Å². The van der Waals surface area contributed by atoms with E-state index in [9.17, 15) is 13.2 Å². The number of hydrogen-bond acceptors (Lipinski definition) is 9. The van der Waals surface area contributed by atoms with Gasteiger partial charge in [0.15, 0.2) is 11.5 Å². The number of carbonyl (C=O) groups is 1. The van der Waals surface area contributed by atoms with Crippen molar-refractivity contribution in [3.8, 4) is 11.5 Å². The lowest BCUT2D eigenvalue weighted by molar-refractivity contribution is -0.119. The molecule has 0 aliphatic carbocycles. The lowest BCUT2D eigenvalue weighted by Crippen LogP contribution is -2.52. The summed E-state index contributed by atoms with van der Waals surface area (Å²) in [5.41, 5.74) is 2.28. The zero-order valence-electron chi connectivity index (χ0n) is 26.0. The van der Waals surface area contributed by atoms with Gasteiger partial charge in [-0.1, -0.05) is 29.8 Å². The minimum Gasteiger partial charge on any atom is -0.493 e. The maximum atomic E-state index is 14.9. The van der Waals surface area contributed by atoms with Gasteiger partial charge < -0.3 is 14.4 Å². The van der Waals surface area contributed by atoms with Gasteiger partial charge in [-0.15, -0.1) is 0 Å². The molecule has 0 saturated heterocycles. The van der Waals surface area contributed by atoms with E-state index in [-0.39, 0.29) is 34.3 Å². The predicted octanol–water partition coefficient (Wildman–Crippen LogP) is 6.29. The molecule has 2 aromatic heterocycles. The van der Waals surface area contributed by atoms with Crippen LogP contribution >= 0.6 is 23.1 Å². The zero-order chi connectivity index (χ0) is 33.0. The van der Waals surface area contributed by atoms with Gasteiger partial charge in [0.25, 0.3) is 15.9 Å². The van der Waals surface area contributed by atoms with E-state index in [0.29, 0.717) is 22.8 Å². The Morgan fingerprint density at radius 2 is 1.74 bits per heavy atom. The number of hydrogen-bond donors (Lipinski definition) is 0. The summed E-state index contributed by atoms with van der Waals surface area (Å²) in [4.78, 5) is 22.5. The van der Waals surface area contributed by atoms with Crippen LogP contribution < -0.4 is 23.6 Å². The number of rotatable bonds is 12. The lowest BCUT2D eigenvalue weighted by Gasteiger charge is -2.35. The lowest BCUT2D eigenvalue weighted by atomic mass is 10.0. The highest BCUT2D eigenvalue weighted by Crippen LogP contribution is 2.39. The SMILES string of the molecule is CCN(C(=O)C(Cc1cnc2ccccc2c1)N(c1cc(N(C)C)ccc1Cl)S(=O)(=O)c1ccc(OC)c(OC)c1)c1ccsn1. The highest BCUT2D eigenvalue weighted by molar-refractivity contribution is 7.93. The molecule has 0 radical (unpaired) electrons. The summed E-state index contributed by atoms with van der Waals surface area (Å²) in [5, 5.41) is 2.78. The Morgan fingerprint density at radius 3 is 2.41 bits per heavy atom. The maximum absolute atomic E-state index is 14.9. The molecule has 240 valence electrons. The number of likely N-dealkylation sites (N-methyl/N-ethyl adjacent to an activating group) is 1. The quantitative estimate of drug-likeness (QED) is 0.152. The van der Waals surface area contributed by atoms with E-state index < -0.39 is 22.0 Å². The van der Waals surface area contributed by atoms with Crippen molar-refractivity contribution in [2.75, 3.05) is 49.0 Å². The van der Waals surface area contributed by atoms with Gasteiger partial charge in [-0.05, 0) is 72.6 Å². The Bertz CT molecular complexity index is 1950. The number of methoxy groups -OCH3 is 2. The second-order valence-electron chi connectivity index (χ2n) is 10.5. The van der Waals surface area contributed by atoms with Crippen molar-refractivity contribution in [2.24, 2.45) is 0 Å². The number of pyridine rings is 1. The van der Waals surface area contributed by atoms with Gasteiger partial charge in [-0.2, -0.15) is 4.37 Å². The molecule has 5 aromatic rings. The zero-order valence-corrected chi connectivity index (χ0v) is 28.4. The van der Waals surface area contributed by atoms with Crippen LogP contribution in [0.1, 0.15) is 12.5 Å². The first-order chi connectivity index (χ1) is 22.1. The Labute approximate surface area is 278 Å². The number of benzene rings is 3. The number of halogens is 1. The molecule has 0 spiro atoms. The molecule has 5 rings (SSSR count). The molecule has 3 aromatic carbocycles. The van der Waals surface area contributed by atoms with Gasteiger partial charge in [-0.25, -0.2) is 8.42 Å². The Kier molecular flexibility index (Phi) is 10.00. The minimum atomic E-state index is -4.48. The summed E-state index contributed by atoms with van der Waals surface area (Å²) < 4.78 is 46.2. The highest BCUT2D eigenvalue weighted by Gasteiger charge is 2.40. The van der Waals surface area contributed by atoms with Gasteiger partial charge in [0.1, 0.15) is 11.9 Å². The average molecular weight is 680 g/mol. The summed E-state index contributed by atoms with van der Waals surface area (Å²) in [6, 6.07) is 19.3. The van der Waals surface area contributed by atoms with Crippen molar-refractivity contribution in [3.05, 3.63) is 95.0 Å². The first-order valence-corrected chi connectivity index (χ1v) is 17.0. The summed E-state index contributed by atoms with van der Waals surface area (Å²) in [6.07, 6.45) is 1.66. The van der Waals surface area contributed by atoms with E-state index in [0.717, 1.165) is 15.2 Å². The smallest absolute Gasteiger partial charge is 0.265 e. The minimum absolute atomic E-state index is 0.00759. The molecule has 0 N–H and O–H groups in total. The maximum Gasteiger partial charge on any atom is 0.265 e. The number of para-hydroxylation sites is 1. The second kappa shape index (κ2) is 13.9. The first-order valence-electron chi connectivity index (χ1n) is 14.4.